The van der Waals surface area contributed by atoms with Crippen LogP contribution in [0.2, 0.25) is 0 Å². The van der Waals surface area contributed by atoms with Gasteiger partial charge in [-0.25, -0.2) is 0 Å². The van der Waals surface area contributed by atoms with Gasteiger partial charge in [0.05, 0.1) is 19.6 Å². The second-order valence-electron chi connectivity index (χ2n) is 3.88. The number of carbonyl (C=O) groups excluding carboxylic acids is 2. The van der Waals surface area contributed by atoms with Crippen LogP contribution in [0, 0.1) is 0 Å². The van der Waals surface area contributed by atoms with Gasteiger partial charge in [0.1, 0.15) is 0 Å². The van der Waals surface area contributed by atoms with Crippen LogP contribution in [0.1, 0.15) is 0 Å². The van der Waals surface area contributed by atoms with E-state index in [1.807, 2.05) is 0 Å². The molecule has 3 N–H and O–H groups in total. The van der Waals surface area contributed by atoms with E-state index in [0.717, 1.165) is 0 Å². The Labute approximate surface area is 112 Å². The third-order valence-corrected chi connectivity index (χ3v) is 2.15. The molecule has 0 fully saturated rings. The topological polar surface area (TPSA) is 104 Å². The number of rotatable bonds is 10. The summed E-state index contributed by atoms with van der Waals surface area (Å²) in [6, 6.07) is 0. The Bertz CT molecular complexity index is 342. The fraction of sp³-hybridized carbons (Fsp3) is 0.417. The zero-order valence-corrected chi connectivity index (χ0v) is 10.7. The van der Waals surface area contributed by atoms with E-state index in [1.165, 1.54) is 9.80 Å². The van der Waals surface area contributed by atoms with E-state index in [-0.39, 0.29) is 19.0 Å². The number of carboxylic acids is 1. The average molecular weight is 269 g/mol. The summed E-state index contributed by atoms with van der Waals surface area (Å²) in [6.45, 7) is 6.80. The van der Waals surface area contributed by atoms with Gasteiger partial charge in [-0.1, -0.05) is 12.2 Å². The first-order chi connectivity index (χ1) is 8.90. The van der Waals surface area contributed by atoms with Gasteiger partial charge >= 0.3 is 5.97 Å². The molecule has 0 aromatic carbocycles. The third-order valence-electron chi connectivity index (χ3n) is 2.15. The maximum absolute atomic E-state index is 11.9. The lowest BCUT2D eigenvalue weighted by molar-refractivity contribution is -0.140. The van der Waals surface area contributed by atoms with Crippen LogP contribution in [0.15, 0.2) is 25.3 Å². The second-order valence-corrected chi connectivity index (χ2v) is 3.88. The monoisotopic (exact) mass is 269 g/mol. The summed E-state index contributed by atoms with van der Waals surface area (Å²) in [6.07, 6.45) is 3.11. The summed E-state index contributed by atoms with van der Waals surface area (Å²) in [7, 11) is 0. The lowest BCUT2D eigenvalue weighted by Gasteiger charge is -2.24. The number of nitrogens with two attached hydrogens (primary N) is 1. The van der Waals surface area contributed by atoms with Gasteiger partial charge in [0.2, 0.25) is 11.8 Å². The highest BCUT2D eigenvalue weighted by Crippen LogP contribution is 1.96. The van der Waals surface area contributed by atoms with Gasteiger partial charge in [0.25, 0.3) is 0 Å². The van der Waals surface area contributed by atoms with Gasteiger partial charge in [-0.15, -0.1) is 13.2 Å². The molecular weight excluding hydrogens is 250 g/mol. The van der Waals surface area contributed by atoms with Crippen molar-refractivity contribution in [3.05, 3.63) is 25.3 Å². The molecule has 0 aliphatic carbocycles. The van der Waals surface area contributed by atoms with Crippen molar-refractivity contribution >= 4 is 17.8 Å². The van der Waals surface area contributed by atoms with E-state index in [9.17, 15) is 14.4 Å². The van der Waals surface area contributed by atoms with Gasteiger partial charge in [-0.05, 0) is 0 Å². The van der Waals surface area contributed by atoms with Crippen LogP contribution in [-0.2, 0) is 14.4 Å². The number of nitrogens with zero attached hydrogens (tertiary/aromatic N) is 2. The number of aliphatic carboxylic acids is 1. The van der Waals surface area contributed by atoms with Crippen LogP contribution in [0.5, 0.6) is 0 Å². The Balaban J connectivity index is 4.64. The molecule has 0 unspecified atom stereocenters. The van der Waals surface area contributed by atoms with Gasteiger partial charge in [0, 0.05) is 13.1 Å². The summed E-state index contributed by atoms with van der Waals surface area (Å²) in [5.41, 5.74) is 5.01. The van der Waals surface area contributed by atoms with E-state index in [2.05, 4.69) is 13.2 Å². The minimum Gasteiger partial charge on any atom is -0.480 e. The van der Waals surface area contributed by atoms with Crippen LogP contribution in [0.4, 0.5) is 0 Å². The van der Waals surface area contributed by atoms with Crippen LogP contribution in [-0.4, -0.2) is 65.4 Å². The molecule has 0 saturated heterocycles. The fourth-order valence-electron chi connectivity index (χ4n) is 1.46. The summed E-state index contributed by atoms with van der Waals surface area (Å²) in [5.74, 6) is -2.14. The number of amides is 2. The summed E-state index contributed by atoms with van der Waals surface area (Å²) >= 11 is 0. The molecule has 0 aliphatic rings. The second kappa shape index (κ2) is 8.87. The molecule has 0 radical (unpaired) electrons. The highest BCUT2D eigenvalue weighted by molar-refractivity contribution is 5.82. The number of carbonyl (C=O) groups is 3. The summed E-state index contributed by atoms with van der Waals surface area (Å²) < 4.78 is 0. The summed E-state index contributed by atoms with van der Waals surface area (Å²) in [5, 5.41) is 8.70. The van der Waals surface area contributed by atoms with Gasteiger partial charge in [0.15, 0.2) is 0 Å². The van der Waals surface area contributed by atoms with Crippen molar-refractivity contribution < 1.29 is 19.5 Å². The molecule has 0 atom stereocenters. The zero-order chi connectivity index (χ0) is 14.8. The van der Waals surface area contributed by atoms with Crippen molar-refractivity contribution in [3.63, 3.8) is 0 Å². The first-order valence-electron chi connectivity index (χ1n) is 5.62. The van der Waals surface area contributed by atoms with E-state index in [4.69, 9.17) is 10.8 Å². The van der Waals surface area contributed by atoms with E-state index >= 15 is 0 Å². The molecular formula is C12H19N3O4. The largest absolute Gasteiger partial charge is 0.480 e. The van der Waals surface area contributed by atoms with Gasteiger partial charge in [-0.3, -0.25) is 19.3 Å². The van der Waals surface area contributed by atoms with Crippen LogP contribution >= 0.6 is 0 Å². The van der Waals surface area contributed by atoms with Gasteiger partial charge in [-0.2, -0.15) is 0 Å². The third kappa shape index (κ3) is 7.72. The highest BCUT2D eigenvalue weighted by atomic mass is 16.4. The predicted octanol–water partition coefficient (Wildman–Crippen LogP) is -0.941. The molecule has 0 spiro atoms. The quantitative estimate of drug-likeness (QED) is 0.498. The molecule has 7 nitrogen and oxygen atoms in total. The molecule has 7 heteroatoms. The van der Waals surface area contributed by atoms with Crippen molar-refractivity contribution in [3.8, 4) is 0 Å². The molecule has 19 heavy (non-hydrogen) atoms. The lowest BCUT2D eigenvalue weighted by Crippen LogP contribution is -2.45. The first kappa shape index (κ1) is 16.9. The van der Waals surface area contributed by atoms with Crippen LogP contribution < -0.4 is 5.73 Å². The Morgan fingerprint density at radius 1 is 1.05 bits per heavy atom. The Morgan fingerprint density at radius 2 is 1.58 bits per heavy atom. The Morgan fingerprint density at radius 3 is 1.95 bits per heavy atom. The van der Waals surface area contributed by atoms with E-state index in [0.29, 0.717) is 13.1 Å². The molecule has 0 aliphatic heterocycles. The van der Waals surface area contributed by atoms with Crippen LogP contribution in [0.3, 0.4) is 0 Å². The predicted molar refractivity (Wildman–Crippen MR) is 70.2 cm³/mol. The molecule has 0 rings (SSSR count). The molecule has 0 bridgehead atoms. The van der Waals surface area contributed by atoms with Crippen molar-refractivity contribution in [2.45, 2.75) is 0 Å². The number of carboxylic acid groups (broad SMARTS) is 1. The molecule has 0 aromatic rings. The number of hydrogen-bond donors (Lipinski definition) is 2. The smallest absolute Gasteiger partial charge is 0.317 e. The molecule has 0 aromatic heterocycles. The minimum absolute atomic E-state index is 0.198. The molecule has 2 amide bonds. The minimum atomic E-state index is -1.13. The maximum atomic E-state index is 11.9. The van der Waals surface area contributed by atoms with Crippen molar-refractivity contribution in [1.29, 1.82) is 0 Å². The first-order valence-corrected chi connectivity index (χ1v) is 5.62. The van der Waals surface area contributed by atoms with Crippen molar-refractivity contribution in [1.82, 2.24) is 9.80 Å². The van der Waals surface area contributed by atoms with Crippen molar-refractivity contribution in [2.75, 3.05) is 32.7 Å². The SMILES string of the molecule is C=CCN(CC=C)C(=O)CN(CC(N)=O)CC(=O)O. The van der Waals surface area contributed by atoms with Crippen molar-refractivity contribution in [2.24, 2.45) is 5.73 Å². The van der Waals surface area contributed by atoms with Gasteiger partial charge < -0.3 is 15.7 Å². The molecule has 106 valence electrons. The molecule has 0 heterocycles. The average Bonchev–Trinajstić information content (AvgIpc) is 2.26. The standard InChI is InChI=1S/C12H19N3O4/c1-3-5-15(6-4-2)11(17)8-14(7-10(13)16)9-12(18)19/h3-4H,1-2,5-9H2,(H2,13,16)(H,18,19). The van der Waals surface area contributed by atoms with Crippen LogP contribution in [0.25, 0.3) is 0 Å². The molecule has 0 saturated carbocycles. The summed E-state index contributed by atoms with van der Waals surface area (Å²) in [4.78, 5) is 36.0. The number of primary amides is 1. The maximum Gasteiger partial charge on any atom is 0.317 e. The van der Waals surface area contributed by atoms with E-state index < -0.39 is 18.4 Å². The fourth-order valence-corrected chi connectivity index (χ4v) is 1.46. The Kier molecular flexibility index (Phi) is 7.87. The lowest BCUT2D eigenvalue weighted by atomic mass is 10.3. The highest BCUT2D eigenvalue weighted by Gasteiger charge is 2.19. The number of hydrogen-bond acceptors (Lipinski definition) is 4. The van der Waals surface area contributed by atoms with E-state index in [1.54, 1.807) is 12.2 Å². The Hall–Kier alpha value is -2.15. The normalized spacial score (nSPS) is 9.95. The zero-order valence-electron chi connectivity index (χ0n) is 10.7.